The number of amides is 1. The molecule has 4 nitrogen and oxygen atoms in total. The van der Waals surface area contributed by atoms with Gasteiger partial charge in [0.25, 0.3) is 11.7 Å². The van der Waals surface area contributed by atoms with Crippen LogP contribution in [0.25, 0.3) is 0 Å². The van der Waals surface area contributed by atoms with Gasteiger partial charge in [0.05, 0.1) is 11.6 Å². The second-order valence-electron chi connectivity index (χ2n) is 4.59. The van der Waals surface area contributed by atoms with Gasteiger partial charge in [0, 0.05) is 16.1 Å². The highest BCUT2D eigenvalue weighted by molar-refractivity contribution is 7.99. The highest BCUT2D eigenvalue weighted by atomic mass is 35.5. The lowest BCUT2D eigenvalue weighted by Crippen LogP contribution is -2.12. The molecule has 2 aromatic carbocycles. The van der Waals surface area contributed by atoms with Gasteiger partial charge in [-0.3, -0.25) is 4.79 Å². The summed E-state index contributed by atoms with van der Waals surface area (Å²) in [5, 5.41) is 12.4. The van der Waals surface area contributed by atoms with Crippen LogP contribution < -0.4 is 10.1 Å². The first kappa shape index (κ1) is 18.4. The largest absolute Gasteiger partial charge is 0.503 e. The van der Waals surface area contributed by atoms with Gasteiger partial charge in [-0.05, 0) is 43.3 Å². The van der Waals surface area contributed by atoms with Crippen LogP contribution in [0.4, 0.5) is 14.5 Å². The molecule has 0 unspecified atom stereocenters. The van der Waals surface area contributed by atoms with Crippen molar-refractivity contribution < 1.29 is 23.4 Å². The summed E-state index contributed by atoms with van der Waals surface area (Å²) in [6.45, 7) is 2.04. The zero-order chi connectivity index (χ0) is 17.7. The fourth-order valence-electron chi connectivity index (χ4n) is 1.89. The number of rotatable bonds is 6. The van der Waals surface area contributed by atoms with E-state index in [1.54, 1.807) is 6.92 Å². The van der Waals surface area contributed by atoms with E-state index < -0.39 is 11.7 Å². The minimum atomic E-state index is -2.50. The zero-order valence-corrected chi connectivity index (χ0v) is 14.1. The molecule has 0 heterocycles. The Morgan fingerprint density at radius 1 is 1.33 bits per heavy atom. The highest BCUT2D eigenvalue weighted by Gasteiger charge is 2.15. The summed E-state index contributed by atoms with van der Waals surface area (Å²) in [6.07, 6.45) is 0. The maximum atomic E-state index is 12.3. The Hall–Kier alpha value is -1.99. The summed E-state index contributed by atoms with van der Waals surface area (Å²) in [7, 11) is 0. The molecule has 2 rings (SSSR count). The molecule has 1 amide bonds. The van der Waals surface area contributed by atoms with Gasteiger partial charge in [0.15, 0.2) is 11.5 Å². The van der Waals surface area contributed by atoms with Gasteiger partial charge in [-0.25, -0.2) is 0 Å². The Morgan fingerprint density at radius 3 is 2.58 bits per heavy atom. The van der Waals surface area contributed by atoms with Crippen molar-refractivity contribution in [2.24, 2.45) is 0 Å². The van der Waals surface area contributed by atoms with Gasteiger partial charge in [0.2, 0.25) is 0 Å². The predicted molar refractivity (Wildman–Crippen MR) is 90.5 cm³/mol. The SMILES string of the molecule is CCOc1cc(C(=O)Nc2ccc(SC(F)F)cc2)cc(Cl)c1O. The molecule has 0 bridgehead atoms. The molecule has 128 valence electrons. The van der Waals surface area contributed by atoms with Crippen molar-refractivity contribution >= 4 is 35.0 Å². The number of alkyl halides is 2. The van der Waals surface area contributed by atoms with E-state index in [4.69, 9.17) is 16.3 Å². The average molecular weight is 374 g/mol. The Bertz CT molecular complexity index is 726. The number of nitrogens with one attached hydrogen (secondary N) is 1. The lowest BCUT2D eigenvalue weighted by atomic mass is 10.1. The highest BCUT2D eigenvalue weighted by Crippen LogP contribution is 2.35. The third-order valence-corrected chi connectivity index (χ3v) is 3.94. The third kappa shape index (κ3) is 4.75. The summed E-state index contributed by atoms with van der Waals surface area (Å²) in [6, 6.07) is 8.71. The van der Waals surface area contributed by atoms with E-state index in [1.165, 1.54) is 36.4 Å². The first-order valence-corrected chi connectivity index (χ1v) is 8.18. The molecule has 8 heteroatoms. The lowest BCUT2D eigenvalue weighted by Gasteiger charge is -2.11. The lowest BCUT2D eigenvalue weighted by molar-refractivity contribution is 0.102. The molecule has 0 aliphatic carbocycles. The van der Waals surface area contributed by atoms with Crippen molar-refractivity contribution in [3.05, 3.63) is 47.0 Å². The summed E-state index contributed by atoms with van der Waals surface area (Å²) in [5.41, 5.74) is 0.646. The van der Waals surface area contributed by atoms with Crippen LogP contribution in [-0.2, 0) is 0 Å². The van der Waals surface area contributed by atoms with Crippen LogP contribution in [0.5, 0.6) is 11.5 Å². The Morgan fingerprint density at radius 2 is 2.00 bits per heavy atom. The molecule has 0 spiro atoms. The fraction of sp³-hybridized carbons (Fsp3) is 0.188. The van der Waals surface area contributed by atoms with E-state index in [9.17, 15) is 18.7 Å². The number of halogens is 3. The van der Waals surface area contributed by atoms with Crippen LogP contribution >= 0.6 is 23.4 Å². The zero-order valence-electron chi connectivity index (χ0n) is 12.6. The van der Waals surface area contributed by atoms with Crippen LogP contribution in [0.3, 0.4) is 0 Å². The fourth-order valence-corrected chi connectivity index (χ4v) is 2.60. The van der Waals surface area contributed by atoms with Crippen molar-refractivity contribution in [3.63, 3.8) is 0 Å². The molecule has 0 saturated heterocycles. The van der Waals surface area contributed by atoms with E-state index in [-0.39, 0.29) is 22.1 Å². The van der Waals surface area contributed by atoms with Crippen molar-refractivity contribution in [2.45, 2.75) is 17.6 Å². The molecule has 0 atom stereocenters. The average Bonchev–Trinajstić information content (AvgIpc) is 2.53. The predicted octanol–water partition coefficient (Wildman–Crippen LogP) is 5.01. The first-order valence-electron chi connectivity index (χ1n) is 6.92. The number of phenolic OH excluding ortho intramolecular Hbond substituents is 1. The van der Waals surface area contributed by atoms with Crippen molar-refractivity contribution in [3.8, 4) is 11.5 Å². The Kier molecular flexibility index (Phi) is 6.28. The summed E-state index contributed by atoms with van der Waals surface area (Å²) >= 11 is 6.31. The molecular weight excluding hydrogens is 360 g/mol. The van der Waals surface area contributed by atoms with E-state index in [2.05, 4.69) is 5.32 Å². The number of phenols is 1. The number of hydrogen-bond acceptors (Lipinski definition) is 4. The minimum Gasteiger partial charge on any atom is -0.503 e. The molecule has 2 aromatic rings. The third-order valence-electron chi connectivity index (χ3n) is 2.93. The molecule has 0 saturated carbocycles. The van der Waals surface area contributed by atoms with Gasteiger partial charge in [-0.1, -0.05) is 23.4 Å². The van der Waals surface area contributed by atoms with E-state index in [0.717, 1.165) is 0 Å². The summed E-state index contributed by atoms with van der Waals surface area (Å²) in [4.78, 5) is 12.7. The Balaban J connectivity index is 2.14. The van der Waals surface area contributed by atoms with Crippen molar-refractivity contribution in [2.75, 3.05) is 11.9 Å². The smallest absolute Gasteiger partial charge is 0.288 e. The van der Waals surface area contributed by atoms with Crippen molar-refractivity contribution in [1.29, 1.82) is 0 Å². The van der Waals surface area contributed by atoms with Gasteiger partial charge >= 0.3 is 0 Å². The number of benzene rings is 2. The second kappa shape index (κ2) is 8.21. The normalized spacial score (nSPS) is 10.7. The number of hydrogen-bond donors (Lipinski definition) is 2. The number of thioether (sulfide) groups is 1. The number of anilines is 1. The molecule has 0 aliphatic heterocycles. The second-order valence-corrected chi connectivity index (χ2v) is 6.07. The van der Waals surface area contributed by atoms with Gasteiger partial charge < -0.3 is 15.2 Å². The van der Waals surface area contributed by atoms with Crippen molar-refractivity contribution in [1.82, 2.24) is 0 Å². The molecule has 24 heavy (non-hydrogen) atoms. The number of carbonyl (C=O) groups excluding carboxylic acids is 1. The van der Waals surface area contributed by atoms with Crippen LogP contribution in [0, 0.1) is 0 Å². The maximum absolute atomic E-state index is 12.3. The standard InChI is InChI=1S/C16H14ClF2NO3S/c1-2-23-13-8-9(7-12(17)14(13)21)15(22)20-10-3-5-11(6-4-10)24-16(18)19/h3-8,16,21H,2H2,1H3,(H,20,22). The number of carbonyl (C=O) groups is 1. The van der Waals surface area contributed by atoms with Gasteiger partial charge in [-0.2, -0.15) is 8.78 Å². The van der Waals surface area contributed by atoms with E-state index in [0.29, 0.717) is 29.0 Å². The van der Waals surface area contributed by atoms with Crippen LogP contribution in [0.1, 0.15) is 17.3 Å². The number of ether oxygens (including phenoxy) is 1. The van der Waals surface area contributed by atoms with Crippen LogP contribution in [-0.4, -0.2) is 23.4 Å². The monoisotopic (exact) mass is 373 g/mol. The van der Waals surface area contributed by atoms with E-state index in [1.807, 2.05) is 0 Å². The topological polar surface area (TPSA) is 58.6 Å². The molecule has 0 fully saturated rings. The molecule has 0 aromatic heterocycles. The molecule has 2 N–H and O–H groups in total. The van der Waals surface area contributed by atoms with Crippen LogP contribution in [0.2, 0.25) is 5.02 Å². The quantitative estimate of drug-likeness (QED) is 0.699. The molecule has 0 aliphatic rings. The Labute approximate surface area is 146 Å². The molecular formula is C16H14ClF2NO3S. The summed E-state index contributed by atoms with van der Waals surface area (Å²) in [5.74, 6) is -3.09. The van der Waals surface area contributed by atoms with E-state index >= 15 is 0 Å². The first-order chi connectivity index (χ1) is 11.4. The minimum absolute atomic E-state index is 0.00483. The maximum Gasteiger partial charge on any atom is 0.288 e. The number of aromatic hydroxyl groups is 1. The van der Waals surface area contributed by atoms with Gasteiger partial charge in [0.1, 0.15) is 0 Å². The van der Waals surface area contributed by atoms with Crippen LogP contribution in [0.15, 0.2) is 41.3 Å². The summed E-state index contributed by atoms with van der Waals surface area (Å²) < 4.78 is 29.8. The van der Waals surface area contributed by atoms with Gasteiger partial charge in [-0.15, -0.1) is 0 Å². The molecule has 0 radical (unpaired) electrons.